The van der Waals surface area contributed by atoms with Crippen LogP contribution in [0, 0.1) is 5.92 Å². The van der Waals surface area contributed by atoms with Gasteiger partial charge in [-0.2, -0.15) is 0 Å². The fourth-order valence-corrected chi connectivity index (χ4v) is 5.01. The van der Waals surface area contributed by atoms with Crippen molar-refractivity contribution in [1.82, 2.24) is 0 Å². The number of aliphatic hydroxyl groups is 1. The minimum atomic E-state index is -4.79. The lowest BCUT2D eigenvalue weighted by Crippen LogP contribution is -2.44. The molecule has 0 radical (unpaired) electrons. The molecular formula is C20H36O8P-. The van der Waals surface area contributed by atoms with E-state index in [0.29, 0.717) is 19.3 Å². The highest BCUT2D eigenvalue weighted by molar-refractivity contribution is 7.46. The molecule has 2 fully saturated rings. The van der Waals surface area contributed by atoms with Gasteiger partial charge in [0.15, 0.2) is 0 Å². The molecular weight excluding hydrogens is 399 g/mol. The summed E-state index contributed by atoms with van der Waals surface area (Å²) in [4.78, 5) is 12.6. The molecule has 1 N–H and O–H groups in total. The highest BCUT2D eigenvalue weighted by Gasteiger charge is 2.48. The number of hydrogen-bond acceptors (Lipinski definition) is 8. The third-order valence-electron chi connectivity index (χ3n) is 5.11. The van der Waals surface area contributed by atoms with Gasteiger partial charge in [-0.15, -0.1) is 0 Å². The Bertz CT molecular complexity index is 609. The molecule has 1 heterocycles. The van der Waals surface area contributed by atoms with Gasteiger partial charge in [-0.25, -0.2) is 0 Å². The van der Waals surface area contributed by atoms with E-state index in [1.807, 2.05) is 41.5 Å². The van der Waals surface area contributed by atoms with Crippen molar-refractivity contribution in [3.8, 4) is 0 Å². The van der Waals surface area contributed by atoms with Crippen molar-refractivity contribution in [3.63, 3.8) is 0 Å². The number of ether oxygens (including phenoxy) is 3. The van der Waals surface area contributed by atoms with Crippen LogP contribution < -0.4 is 4.89 Å². The average molecular weight is 435 g/mol. The summed E-state index contributed by atoms with van der Waals surface area (Å²) in [6.45, 7) is 15.0. The lowest BCUT2D eigenvalue weighted by Gasteiger charge is -2.35. The molecule has 170 valence electrons. The molecule has 0 spiro atoms. The van der Waals surface area contributed by atoms with E-state index in [0.717, 1.165) is 0 Å². The predicted molar refractivity (Wildman–Crippen MR) is 106 cm³/mol. The first-order valence-electron chi connectivity index (χ1n) is 10.3. The SMILES string of the molecule is C=C(OP(=O)([O-])O[C@@H]1C[C@H](C)C[C@]1(O)COC(C)C)[C@H]1O[C@@H](C)CC1OC(C)C. The largest absolute Gasteiger partial charge is 0.746 e. The molecule has 0 bridgehead atoms. The van der Waals surface area contributed by atoms with E-state index in [9.17, 15) is 14.6 Å². The fraction of sp³-hybridized carbons (Fsp3) is 0.900. The summed E-state index contributed by atoms with van der Waals surface area (Å²) in [5, 5.41) is 10.9. The molecule has 7 atom stereocenters. The van der Waals surface area contributed by atoms with Crippen LogP contribution in [0.3, 0.4) is 0 Å². The second-order valence-electron chi connectivity index (χ2n) is 8.93. The van der Waals surface area contributed by atoms with Gasteiger partial charge in [0.1, 0.15) is 17.5 Å². The van der Waals surface area contributed by atoms with Crippen molar-refractivity contribution in [2.45, 2.75) is 103 Å². The molecule has 2 rings (SSSR count). The van der Waals surface area contributed by atoms with Crippen molar-refractivity contribution in [2.24, 2.45) is 5.92 Å². The molecule has 1 saturated heterocycles. The van der Waals surface area contributed by atoms with Crippen LogP contribution in [0.5, 0.6) is 0 Å². The molecule has 29 heavy (non-hydrogen) atoms. The molecule has 1 aliphatic carbocycles. The Kier molecular flexibility index (Phi) is 8.36. The van der Waals surface area contributed by atoms with Crippen LogP contribution in [-0.2, 0) is 27.8 Å². The summed E-state index contributed by atoms with van der Waals surface area (Å²) >= 11 is 0. The highest BCUT2D eigenvalue weighted by atomic mass is 31.2. The van der Waals surface area contributed by atoms with Crippen molar-refractivity contribution >= 4 is 7.82 Å². The van der Waals surface area contributed by atoms with Crippen LogP contribution in [0.2, 0.25) is 0 Å². The molecule has 2 unspecified atom stereocenters. The van der Waals surface area contributed by atoms with Gasteiger partial charge in [-0.3, -0.25) is 4.57 Å². The molecule has 0 aromatic heterocycles. The van der Waals surface area contributed by atoms with Crippen LogP contribution in [-0.4, -0.2) is 53.9 Å². The average Bonchev–Trinajstić information content (AvgIpc) is 3.03. The van der Waals surface area contributed by atoms with Crippen molar-refractivity contribution < 1.29 is 37.8 Å². The summed E-state index contributed by atoms with van der Waals surface area (Å²) in [6.07, 6.45) is -0.857. The van der Waals surface area contributed by atoms with Gasteiger partial charge in [0.05, 0.1) is 37.1 Å². The van der Waals surface area contributed by atoms with Gasteiger partial charge in [0.25, 0.3) is 0 Å². The fourth-order valence-electron chi connectivity index (χ4n) is 3.98. The Morgan fingerprint density at radius 2 is 1.93 bits per heavy atom. The Morgan fingerprint density at radius 3 is 2.52 bits per heavy atom. The topological polar surface area (TPSA) is 107 Å². The minimum Gasteiger partial charge on any atom is -0.746 e. The molecule has 0 aromatic carbocycles. The summed E-state index contributed by atoms with van der Waals surface area (Å²) in [5.41, 5.74) is -1.39. The molecule has 0 amide bonds. The number of phosphoric acid groups is 1. The first-order chi connectivity index (χ1) is 13.3. The Morgan fingerprint density at radius 1 is 1.28 bits per heavy atom. The van der Waals surface area contributed by atoms with Crippen LogP contribution in [0.4, 0.5) is 0 Å². The maximum absolute atomic E-state index is 12.6. The molecule has 1 saturated carbocycles. The normalized spacial score (nSPS) is 37.2. The maximum atomic E-state index is 12.6. The van der Waals surface area contributed by atoms with E-state index in [1.54, 1.807) is 0 Å². The first kappa shape index (κ1) is 24.8. The van der Waals surface area contributed by atoms with Crippen LogP contribution in [0.25, 0.3) is 0 Å². The highest BCUT2D eigenvalue weighted by Crippen LogP contribution is 2.50. The Hall–Kier alpha value is -0.470. The standard InChI is InChI=1S/C20H37O8P/c1-12(2)24-11-20(21)10-14(5)8-18(20)28-29(22,23)27-16(7)19-17(25-13(3)4)9-15(6)26-19/h12-15,17-19,21H,7-11H2,1-6H3,(H,22,23)/p-1/t14-,15-,17?,18+,19+,20-/m0/s1. The zero-order chi connectivity index (χ0) is 22.0. The quantitative estimate of drug-likeness (QED) is 0.412. The van der Waals surface area contributed by atoms with E-state index in [-0.39, 0.29) is 42.7 Å². The van der Waals surface area contributed by atoms with Crippen LogP contribution >= 0.6 is 7.82 Å². The lowest BCUT2D eigenvalue weighted by molar-refractivity contribution is -0.235. The number of rotatable bonds is 10. The van der Waals surface area contributed by atoms with E-state index in [4.69, 9.17) is 23.3 Å². The zero-order valence-corrected chi connectivity index (χ0v) is 19.2. The second kappa shape index (κ2) is 9.77. The van der Waals surface area contributed by atoms with Gasteiger partial charge < -0.3 is 33.3 Å². The summed E-state index contributed by atoms with van der Waals surface area (Å²) < 4.78 is 40.1. The summed E-state index contributed by atoms with van der Waals surface area (Å²) in [5.74, 6) is 0.0122. The van der Waals surface area contributed by atoms with Crippen LogP contribution in [0.15, 0.2) is 12.3 Å². The number of phosphoric ester groups is 1. The molecule has 1 aliphatic heterocycles. The van der Waals surface area contributed by atoms with Crippen molar-refractivity contribution in [2.75, 3.05) is 6.61 Å². The second-order valence-corrected chi connectivity index (χ2v) is 10.2. The van der Waals surface area contributed by atoms with Gasteiger partial charge in [0.2, 0.25) is 0 Å². The van der Waals surface area contributed by atoms with Gasteiger partial charge >= 0.3 is 7.82 Å². The summed E-state index contributed by atoms with van der Waals surface area (Å²) in [7, 11) is -4.79. The monoisotopic (exact) mass is 435 g/mol. The van der Waals surface area contributed by atoms with Crippen molar-refractivity contribution in [3.05, 3.63) is 12.3 Å². The number of hydrogen-bond donors (Lipinski definition) is 1. The molecule has 2 aliphatic rings. The maximum Gasteiger partial charge on any atom is 0.319 e. The van der Waals surface area contributed by atoms with Crippen LogP contribution in [0.1, 0.15) is 60.8 Å². The predicted octanol–water partition coefficient (Wildman–Crippen LogP) is 2.93. The Labute approximate surface area is 174 Å². The van der Waals surface area contributed by atoms with Gasteiger partial charge in [0, 0.05) is 6.42 Å². The van der Waals surface area contributed by atoms with E-state index in [1.165, 1.54) is 0 Å². The molecule has 0 aromatic rings. The Balaban J connectivity index is 2.02. The first-order valence-corrected chi connectivity index (χ1v) is 11.8. The third-order valence-corrected chi connectivity index (χ3v) is 6.09. The van der Waals surface area contributed by atoms with Crippen molar-refractivity contribution in [1.29, 1.82) is 0 Å². The van der Waals surface area contributed by atoms with E-state index in [2.05, 4.69) is 6.58 Å². The smallest absolute Gasteiger partial charge is 0.319 e. The van der Waals surface area contributed by atoms with E-state index >= 15 is 0 Å². The van der Waals surface area contributed by atoms with E-state index < -0.39 is 25.6 Å². The third kappa shape index (κ3) is 7.03. The zero-order valence-electron chi connectivity index (χ0n) is 18.3. The molecule has 8 nitrogen and oxygen atoms in total. The molecule has 9 heteroatoms. The summed E-state index contributed by atoms with van der Waals surface area (Å²) in [6, 6.07) is 0. The van der Waals surface area contributed by atoms with Gasteiger partial charge in [-0.1, -0.05) is 13.5 Å². The minimum absolute atomic E-state index is 0.00578. The van der Waals surface area contributed by atoms with Gasteiger partial charge in [-0.05, 0) is 53.4 Å². The lowest BCUT2D eigenvalue weighted by atomic mass is 10.0.